The van der Waals surface area contributed by atoms with Crippen molar-refractivity contribution < 1.29 is 14.3 Å². The summed E-state index contributed by atoms with van der Waals surface area (Å²) in [5, 5.41) is 2.81. The molecule has 2 aliphatic rings. The average molecular weight is 392 g/mol. The van der Waals surface area contributed by atoms with Crippen molar-refractivity contribution in [1.29, 1.82) is 0 Å². The molecule has 2 bridgehead atoms. The van der Waals surface area contributed by atoms with Crippen LogP contribution in [-0.2, 0) is 9.47 Å². The minimum Gasteiger partial charge on any atom is -0.449 e. The topological polar surface area (TPSA) is 47.6 Å². The first-order chi connectivity index (χ1) is 14.0. The maximum Gasteiger partial charge on any atom is 0.411 e. The van der Waals surface area contributed by atoms with Crippen LogP contribution in [0, 0.1) is 23.2 Å². The normalized spacial score (nSPS) is 30.9. The first-order valence-corrected chi connectivity index (χ1v) is 10.3. The maximum atomic E-state index is 12.4. The summed E-state index contributed by atoms with van der Waals surface area (Å²) in [7, 11) is 0. The molecular weight excluding hydrogens is 362 g/mol. The Bertz CT molecular complexity index is 879. The van der Waals surface area contributed by atoms with Gasteiger partial charge in [-0.2, -0.15) is 0 Å². The number of anilines is 1. The number of benzene rings is 2. The molecule has 1 fully saturated rings. The maximum absolute atomic E-state index is 12.4. The number of nitrogens with one attached hydrogen (secondary N) is 1. The van der Waals surface area contributed by atoms with E-state index in [-0.39, 0.29) is 23.4 Å². The molecule has 2 aromatic rings. The summed E-state index contributed by atoms with van der Waals surface area (Å²) >= 11 is 0. The Labute approximate surface area is 172 Å². The summed E-state index contributed by atoms with van der Waals surface area (Å²) in [6.07, 6.45) is 1.97. The molecule has 1 aliphatic carbocycles. The lowest BCUT2D eigenvalue weighted by Gasteiger charge is -2.55. The number of carbonyl (C=O) groups is 1. The van der Waals surface area contributed by atoms with Crippen LogP contribution in [0.25, 0.3) is 0 Å². The molecule has 0 radical (unpaired) electrons. The summed E-state index contributed by atoms with van der Waals surface area (Å²) in [5.41, 5.74) is 3.09. The Morgan fingerprint density at radius 1 is 1.10 bits per heavy atom. The number of rotatable bonds is 4. The quantitative estimate of drug-likeness (QED) is 0.666. The van der Waals surface area contributed by atoms with Crippen LogP contribution < -0.4 is 5.32 Å². The third-order valence-corrected chi connectivity index (χ3v) is 6.87. The SMILES string of the molecule is CC1=C[C@H](C)[C@]2(COC(=O)Nc3ccccc3)CO[C@H](c3ccccc3)[C@@H]1[C@@H]2C. The Kier molecular flexibility index (Phi) is 5.46. The van der Waals surface area contributed by atoms with Crippen LogP contribution >= 0.6 is 0 Å². The summed E-state index contributed by atoms with van der Waals surface area (Å²) in [5.74, 6) is 0.893. The Hall–Kier alpha value is -2.59. The standard InChI is InChI=1S/C25H29NO3/c1-17-14-18(2)25(16-29-24(27)26-21-12-8-5-9-13-21)15-28-23(22(17)19(25)3)20-10-6-4-7-11-20/h4-14,18-19,22-23H,15-16H2,1-3H3,(H,26,27)/t18-,19-,22-,23+,25+/m0/s1. The van der Waals surface area contributed by atoms with Crippen LogP contribution in [-0.4, -0.2) is 19.3 Å². The van der Waals surface area contributed by atoms with E-state index in [1.165, 1.54) is 11.1 Å². The zero-order chi connectivity index (χ0) is 20.4. The molecule has 1 heterocycles. The smallest absolute Gasteiger partial charge is 0.411 e. The fourth-order valence-corrected chi connectivity index (χ4v) is 5.08. The summed E-state index contributed by atoms with van der Waals surface area (Å²) < 4.78 is 12.2. The van der Waals surface area contributed by atoms with Gasteiger partial charge in [-0.25, -0.2) is 4.79 Å². The number of para-hydroxylation sites is 1. The molecule has 1 N–H and O–H groups in total. The second-order valence-electron chi connectivity index (χ2n) is 8.46. The van der Waals surface area contributed by atoms with E-state index in [9.17, 15) is 4.79 Å². The van der Waals surface area contributed by atoms with E-state index in [4.69, 9.17) is 9.47 Å². The minimum atomic E-state index is -0.419. The van der Waals surface area contributed by atoms with Gasteiger partial charge in [0.05, 0.1) is 12.7 Å². The van der Waals surface area contributed by atoms with Crippen molar-refractivity contribution in [2.24, 2.45) is 23.2 Å². The van der Waals surface area contributed by atoms with Crippen LogP contribution in [0.2, 0.25) is 0 Å². The molecule has 1 aliphatic heterocycles. The predicted molar refractivity (Wildman–Crippen MR) is 115 cm³/mol. The third kappa shape index (κ3) is 3.69. The van der Waals surface area contributed by atoms with E-state index in [1.54, 1.807) is 0 Å². The van der Waals surface area contributed by atoms with Crippen molar-refractivity contribution in [3.8, 4) is 0 Å². The van der Waals surface area contributed by atoms with Crippen molar-refractivity contribution in [2.75, 3.05) is 18.5 Å². The summed E-state index contributed by atoms with van der Waals surface area (Å²) in [6.45, 7) is 7.62. The van der Waals surface area contributed by atoms with E-state index in [0.717, 1.165) is 5.69 Å². The molecule has 1 saturated heterocycles. The zero-order valence-electron chi connectivity index (χ0n) is 17.3. The molecule has 2 aromatic carbocycles. The lowest BCUT2D eigenvalue weighted by atomic mass is 9.56. The van der Waals surface area contributed by atoms with Crippen molar-refractivity contribution in [2.45, 2.75) is 26.9 Å². The molecular formula is C25H29NO3. The Balaban J connectivity index is 1.52. The van der Waals surface area contributed by atoms with Crippen molar-refractivity contribution >= 4 is 11.8 Å². The molecule has 1 amide bonds. The van der Waals surface area contributed by atoms with Crippen molar-refractivity contribution in [3.05, 3.63) is 77.9 Å². The van der Waals surface area contributed by atoms with Crippen LogP contribution in [0.1, 0.15) is 32.4 Å². The first-order valence-electron chi connectivity index (χ1n) is 10.3. The highest BCUT2D eigenvalue weighted by atomic mass is 16.6. The van der Waals surface area contributed by atoms with Gasteiger partial charge in [-0.15, -0.1) is 0 Å². The van der Waals surface area contributed by atoms with Gasteiger partial charge in [0.25, 0.3) is 0 Å². The van der Waals surface area contributed by atoms with Gasteiger partial charge in [-0.05, 0) is 36.5 Å². The van der Waals surface area contributed by atoms with E-state index < -0.39 is 6.09 Å². The number of amides is 1. The number of carbonyl (C=O) groups excluding carboxylic acids is 1. The number of hydrogen-bond acceptors (Lipinski definition) is 3. The van der Waals surface area contributed by atoms with E-state index in [0.29, 0.717) is 19.1 Å². The van der Waals surface area contributed by atoms with Gasteiger partial charge in [-0.1, -0.05) is 74.0 Å². The van der Waals surface area contributed by atoms with Crippen LogP contribution in [0.4, 0.5) is 10.5 Å². The molecule has 0 unspecified atom stereocenters. The zero-order valence-corrected chi connectivity index (χ0v) is 17.3. The lowest BCUT2D eigenvalue weighted by molar-refractivity contribution is -0.165. The highest BCUT2D eigenvalue weighted by molar-refractivity contribution is 5.84. The molecule has 5 atom stereocenters. The van der Waals surface area contributed by atoms with E-state index >= 15 is 0 Å². The molecule has 0 saturated carbocycles. The number of ether oxygens (including phenoxy) is 2. The second-order valence-corrected chi connectivity index (χ2v) is 8.46. The molecule has 4 heteroatoms. The molecule has 0 spiro atoms. The van der Waals surface area contributed by atoms with Gasteiger partial charge in [0, 0.05) is 17.0 Å². The number of fused-ring (bicyclic) bond motifs is 2. The number of hydrogen-bond donors (Lipinski definition) is 1. The van der Waals surface area contributed by atoms with Crippen LogP contribution in [0.15, 0.2) is 72.3 Å². The third-order valence-electron chi connectivity index (χ3n) is 6.87. The minimum absolute atomic E-state index is 0.0428. The van der Waals surface area contributed by atoms with E-state index in [1.807, 2.05) is 36.4 Å². The number of allylic oxidation sites excluding steroid dienone is 1. The van der Waals surface area contributed by atoms with Gasteiger partial charge in [0.15, 0.2) is 0 Å². The van der Waals surface area contributed by atoms with Crippen LogP contribution in [0.5, 0.6) is 0 Å². The van der Waals surface area contributed by atoms with Gasteiger partial charge in [0.1, 0.15) is 6.61 Å². The predicted octanol–water partition coefficient (Wildman–Crippen LogP) is 5.84. The van der Waals surface area contributed by atoms with Gasteiger partial charge in [0.2, 0.25) is 0 Å². The first kappa shape index (κ1) is 19.7. The van der Waals surface area contributed by atoms with Gasteiger partial charge in [-0.3, -0.25) is 5.32 Å². The van der Waals surface area contributed by atoms with Gasteiger partial charge < -0.3 is 9.47 Å². The Morgan fingerprint density at radius 2 is 1.76 bits per heavy atom. The van der Waals surface area contributed by atoms with Crippen molar-refractivity contribution in [3.63, 3.8) is 0 Å². The Morgan fingerprint density at radius 3 is 2.45 bits per heavy atom. The van der Waals surface area contributed by atoms with Gasteiger partial charge >= 0.3 is 6.09 Å². The fourth-order valence-electron chi connectivity index (χ4n) is 5.08. The molecule has 4 rings (SSSR count). The lowest BCUT2D eigenvalue weighted by Crippen LogP contribution is -2.54. The molecule has 29 heavy (non-hydrogen) atoms. The second kappa shape index (κ2) is 8.03. The molecule has 152 valence electrons. The summed E-state index contributed by atoms with van der Waals surface area (Å²) in [6, 6.07) is 19.8. The van der Waals surface area contributed by atoms with Crippen LogP contribution in [0.3, 0.4) is 0 Å². The molecule has 0 aromatic heterocycles. The average Bonchev–Trinajstić information content (AvgIpc) is 2.73. The molecule has 4 nitrogen and oxygen atoms in total. The van der Waals surface area contributed by atoms with E-state index in [2.05, 4.69) is 56.4 Å². The highest BCUT2D eigenvalue weighted by Gasteiger charge is 2.54. The van der Waals surface area contributed by atoms with Crippen molar-refractivity contribution in [1.82, 2.24) is 0 Å². The summed E-state index contributed by atoms with van der Waals surface area (Å²) in [4.78, 5) is 12.4. The fraction of sp³-hybridized carbons (Fsp3) is 0.400. The monoisotopic (exact) mass is 391 g/mol. The highest BCUT2D eigenvalue weighted by Crippen LogP contribution is 2.56. The largest absolute Gasteiger partial charge is 0.449 e.